The average Bonchev–Trinajstić information content (AvgIpc) is 3.60. The van der Waals surface area contributed by atoms with E-state index in [1.54, 1.807) is 7.11 Å². The molecule has 0 radical (unpaired) electrons. The number of hydrogen-bond acceptors (Lipinski definition) is 1. The molecule has 275 valence electrons. The topological polar surface area (TPSA) is 9.23 Å². The molecule has 2 aliphatic rings. The summed E-state index contributed by atoms with van der Waals surface area (Å²) < 4.78 is 6.22. The zero-order valence-electron chi connectivity index (χ0n) is 34.0. The van der Waals surface area contributed by atoms with Gasteiger partial charge in [0, 0.05) is 0 Å². The fraction of sp³-hybridized carbons (Fsp3) is 0.404. The first-order chi connectivity index (χ1) is 24.0. The number of halogens is 2. The fourth-order valence-corrected chi connectivity index (χ4v) is 41.7. The van der Waals surface area contributed by atoms with Crippen LogP contribution in [0.25, 0.3) is 34.4 Å². The molecule has 0 aliphatic heterocycles. The summed E-state index contributed by atoms with van der Waals surface area (Å²) in [4.78, 5) is 0. The molecule has 0 saturated heterocycles. The van der Waals surface area contributed by atoms with Crippen molar-refractivity contribution >= 4 is 35.1 Å². The first-order valence-electron chi connectivity index (χ1n) is 19.0. The van der Waals surface area contributed by atoms with Crippen molar-refractivity contribution in [2.24, 2.45) is 0 Å². The van der Waals surface area contributed by atoms with E-state index in [1.165, 1.54) is 72.3 Å². The van der Waals surface area contributed by atoms with Gasteiger partial charge in [0.05, 0.1) is 0 Å². The van der Waals surface area contributed by atoms with Gasteiger partial charge in [-0.25, -0.2) is 0 Å². The molecule has 6 rings (SSSR count). The maximum atomic E-state index is 8.65. The van der Waals surface area contributed by atoms with Crippen LogP contribution in [0.15, 0.2) is 83.9 Å². The van der Waals surface area contributed by atoms with E-state index in [1.807, 2.05) is 0 Å². The van der Waals surface area contributed by atoms with Gasteiger partial charge in [-0.1, -0.05) is 0 Å². The summed E-state index contributed by atoms with van der Waals surface area (Å²) in [7, 11) is 19.1. The van der Waals surface area contributed by atoms with Gasteiger partial charge in [0.2, 0.25) is 0 Å². The van der Waals surface area contributed by atoms with E-state index in [-0.39, 0.29) is 23.5 Å². The third-order valence-electron chi connectivity index (χ3n) is 12.1. The Hall–Kier alpha value is -2.16. The molecule has 0 bridgehead atoms. The van der Waals surface area contributed by atoms with Crippen molar-refractivity contribution in [1.82, 2.24) is 0 Å². The summed E-state index contributed by atoms with van der Waals surface area (Å²) in [5.74, 6) is -0.819. The van der Waals surface area contributed by atoms with Crippen LogP contribution in [0.1, 0.15) is 122 Å². The van der Waals surface area contributed by atoms with Gasteiger partial charge in [-0.15, -0.1) is 0 Å². The van der Waals surface area contributed by atoms with Crippen LogP contribution >= 0.6 is 17.0 Å². The predicted molar refractivity (Wildman–Crippen MR) is 230 cm³/mol. The van der Waals surface area contributed by atoms with Crippen molar-refractivity contribution in [3.8, 4) is 28.0 Å². The first-order valence-corrected chi connectivity index (χ1v) is 35.3. The van der Waals surface area contributed by atoms with Crippen LogP contribution in [0.4, 0.5) is 0 Å². The molecule has 4 aromatic carbocycles. The van der Waals surface area contributed by atoms with Crippen molar-refractivity contribution < 1.29 is 20.3 Å². The Kier molecular flexibility index (Phi) is 10.1. The molecule has 5 heteroatoms. The van der Waals surface area contributed by atoms with Gasteiger partial charge < -0.3 is 0 Å². The number of rotatable bonds is 6. The van der Waals surface area contributed by atoms with Gasteiger partial charge in [-0.2, -0.15) is 0 Å². The molecule has 0 N–H and O–H groups in total. The third kappa shape index (κ3) is 6.52. The van der Waals surface area contributed by atoms with Crippen molar-refractivity contribution in [3.63, 3.8) is 0 Å². The molecule has 0 fully saturated rings. The minimum absolute atomic E-state index is 0.0122. The number of ether oxygens (including phenoxy) is 1. The number of benzene rings is 4. The Morgan fingerprint density at radius 3 is 1.63 bits per heavy atom. The Morgan fingerprint density at radius 2 is 1.12 bits per heavy atom. The monoisotopic (exact) mass is 827 g/mol. The zero-order valence-corrected chi connectivity index (χ0v) is 39.1. The van der Waals surface area contributed by atoms with Crippen LogP contribution in [0.2, 0.25) is 13.1 Å². The Balaban J connectivity index is 1.56. The van der Waals surface area contributed by atoms with Crippen LogP contribution < -0.4 is 4.74 Å². The maximum absolute atomic E-state index is 8.65. The van der Waals surface area contributed by atoms with Crippen LogP contribution in [0.5, 0.6) is 5.75 Å². The third-order valence-corrected chi connectivity index (χ3v) is 64.3. The van der Waals surface area contributed by atoms with Crippen LogP contribution in [-0.4, -0.2) is 13.0 Å². The molecule has 1 nitrogen and oxygen atoms in total. The summed E-state index contributed by atoms with van der Waals surface area (Å²) >= 11 is -4.94. The van der Waals surface area contributed by atoms with E-state index in [9.17, 15) is 0 Å². The van der Waals surface area contributed by atoms with Gasteiger partial charge in [-0.05, 0) is 0 Å². The van der Waals surface area contributed by atoms with Crippen LogP contribution in [-0.2, 0) is 31.8 Å². The summed E-state index contributed by atoms with van der Waals surface area (Å²) in [5.41, 5.74) is 16.7. The number of methoxy groups -OCH3 is 1. The Labute approximate surface area is 323 Å². The van der Waals surface area contributed by atoms with Gasteiger partial charge in [0.15, 0.2) is 0 Å². The SMILES string of the molecule is COc1ccc(-c2cc(C(C)(C)C)cc(C(C)(C)C)c2)c2c1[CH]([Zr]([Cl])([Cl])([CH]1C(C)=Cc3c(-c4ccc(C(C)(C)C)cc4)cccc31)[SiH](C)C)C(C)=C2. The van der Waals surface area contributed by atoms with Gasteiger partial charge in [0.1, 0.15) is 0 Å². The number of hydrogen-bond donors (Lipinski definition) is 0. The van der Waals surface area contributed by atoms with E-state index < -0.39 is 21.5 Å². The summed E-state index contributed by atoms with van der Waals surface area (Å²) in [5, 5.41) is 0. The van der Waals surface area contributed by atoms with Crippen molar-refractivity contribution in [1.29, 1.82) is 0 Å². The zero-order chi connectivity index (χ0) is 38.4. The number of fused-ring (bicyclic) bond motifs is 2. The molecule has 52 heavy (non-hydrogen) atoms. The predicted octanol–water partition coefficient (Wildman–Crippen LogP) is 14.5. The molecular formula is C47H59Cl2OSiZr. The van der Waals surface area contributed by atoms with Crippen LogP contribution in [0.3, 0.4) is 0 Å². The van der Waals surface area contributed by atoms with E-state index >= 15 is 0 Å². The Bertz CT molecular complexity index is 2080. The van der Waals surface area contributed by atoms with Crippen molar-refractivity contribution in [2.75, 3.05) is 7.11 Å². The molecule has 0 spiro atoms. The summed E-state index contributed by atoms with van der Waals surface area (Å²) in [6.45, 7) is 30.0. The van der Waals surface area contributed by atoms with E-state index in [0.717, 1.165) is 5.75 Å². The molecule has 0 heterocycles. The molecule has 2 aliphatic carbocycles. The van der Waals surface area contributed by atoms with Crippen LogP contribution in [0, 0.1) is 0 Å². The molecule has 2 unspecified atom stereocenters. The minimum atomic E-state index is -4.94. The molecule has 0 saturated carbocycles. The molecular weight excluding hydrogens is 771 g/mol. The van der Waals surface area contributed by atoms with E-state index in [4.69, 9.17) is 21.8 Å². The summed E-state index contributed by atoms with van der Waals surface area (Å²) in [6.07, 6.45) is 4.80. The van der Waals surface area contributed by atoms with Crippen molar-refractivity contribution in [2.45, 2.75) is 113 Å². The second kappa shape index (κ2) is 13.3. The normalized spacial score (nSPS) is 18.4. The molecule has 0 amide bonds. The standard InChI is InChI=1S/C25H31O.C20H21.C2H7Si.2ClH.Zr/c1-16-11-21-20(9-10-23(26-8)22(21)12-16)17-13-18(24(2,3)4)15-19(14-17)25(5,6)7;1-14-12-16-6-5-7-18(19(16)13-14)15-8-10-17(11-9-15)20(2,3)4;1-3-2;;;/h9-15H,1-8H3;5-13H,1-4H3;3H,1-2H3;2*1H;/q;;;;;+2/p-2. The Morgan fingerprint density at radius 1 is 0.596 bits per heavy atom. The van der Waals surface area contributed by atoms with Gasteiger partial charge >= 0.3 is 326 Å². The summed E-state index contributed by atoms with van der Waals surface area (Å²) in [6, 6.07) is 27.5. The first kappa shape index (κ1) is 39.5. The van der Waals surface area contributed by atoms with E-state index in [2.05, 4.69) is 174 Å². The van der Waals surface area contributed by atoms with Crippen molar-refractivity contribution in [3.05, 3.63) is 123 Å². The van der Waals surface area contributed by atoms with Gasteiger partial charge in [-0.3, -0.25) is 0 Å². The molecule has 2 atom stereocenters. The second-order valence-electron chi connectivity index (χ2n) is 19.1. The molecule has 0 aromatic heterocycles. The quantitative estimate of drug-likeness (QED) is 0.176. The fourth-order valence-electron chi connectivity index (χ4n) is 8.92. The second-order valence-corrected chi connectivity index (χ2v) is 61.6. The van der Waals surface area contributed by atoms with Gasteiger partial charge in [0.25, 0.3) is 0 Å². The number of allylic oxidation sites excluding steroid dienone is 2. The van der Waals surface area contributed by atoms with E-state index in [0.29, 0.717) is 0 Å². The molecule has 4 aromatic rings. The average molecular weight is 830 g/mol.